The largest absolute Gasteiger partial charge is 0.481 e. The summed E-state index contributed by atoms with van der Waals surface area (Å²) in [6, 6.07) is 17.8. The lowest BCUT2D eigenvalue weighted by Gasteiger charge is -2.13. The minimum Gasteiger partial charge on any atom is -0.481 e. The number of carboxylic acids is 1. The van der Waals surface area contributed by atoms with Crippen molar-refractivity contribution in [3.05, 3.63) is 65.5 Å². The molecule has 1 unspecified atom stereocenters. The minimum atomic E-state index is -0.765. The molecule has 0 saturated heterocycles. The number of hydrogen-bond acceptors (Lipinski definition) is 3. The van der Waals surface area contributed by atoms with Crippen LogP contribution in [-0.4, -0.2) is 17.6 Å². The van der Waals surface area contributed by atoms with Gasteiger partial charge < -0.3 is 10.4 Å². The van der Waals surface area contributed by atoms with Crippen molar-refractivity contribution in [2.75, 3.05) is 11.9 Å². The smallest absolute Gasteiger partial charge is 0.311 e. The Balaban J connectivity index is 1.74. The number of para-hydroxylation sites is 1. The third kappa shape index (κ3) is 3.12. The number of anilines is 1. The van der Waals surface area contributed by atoms with E-state index in [9.17, 15) is 9.90 Å². The maximum absolute atomic E-state index is 11.7. The Kier molecular flexibility index (Phi) is 4.39. The van der Waals surface area contributed by atoms with Gasteiger partial charge in [-0.15, -0.1) is 11.3 Å². The summed E-state index contributed by atoms with van der Waals surface area (Å²) in [5.41, 5.74) is 1.93. The molecule has 2 N–H and O–H groups in total. The molecule has 0 bridgehead atoms. The van der Waals surface area contributed by atoms with Gasteiger partial charge in [-0.05, 0) is 40.9 Å². The van der Waals surface area contributed by atoms with Crippen LogP contribution in [0.25, 0.3) is 10.1 Å². The first-order valence-electron chi connectivity index (χ1n) is 7.23. The molecule has 22 heavy (non-hydrogen) atoms. The second-order valence-corrected chi connectivity index (χ2v) is 6.07. The molecule has 0 aliphatic heterocycles. The Morgan fingerprint density at radius 2 is 1.82 bits per heavy atom. The summed E-state index contributed by atoms with van der Waals surface area (Å²) in [4.78, 5) is 11.7. The van der Waals surface area contributed by atoms with Crippen LogP contribution in [0.15, 0.2) is 60.0 Å². The first kappa shape index (κ1) is 14.6. The molecule has 0 fully saturated rings. The Morgan fingerprint density at radius 1 is 1.09 bits per heavy atom. The Bertz CT molecular complexity index is 767. The molecule has 1 heterocycles. The van der Waals surface area contributed by atoms with Crippen LogP contribution < -0.4 is 5.32 Å². The summed E-state index contributed by atoms with van der Waals surface area (Å²) in [6.45, 7) is 0.630. The Labute approximate surface area is 133 Å². The number of fused-ring (bicyclic) bond motifs is 1. The van der Waals surface area contributed by atoms with E-state index >= 15 is 0 Å². The summed E-state index contributed by atoms with van der Waals surface area (Å²) in [5, 5.41) is 15.9. The van der Waals surface area contributed by atoms with Gasteiger partial charge in [0.2, 0.25) is 0 Å². The summed E-state index contributed by atoms with van der Waals surface area (Å²) in [5.74, 6) is -1.24. The molecule has 4 heteroatoms. The molecule has 1 atom stereocenters. The average Bonchev–Trinajstić information content (AvgIpc) is 2.96. The van der Waals surface area contributed by atoms with Crippen LogP contribution in [0.4, 0.5) is 5.69 Å². The number of benzene rings is 2. The van der Waals surface area contributed by atoms with E-state index in [-0.39, 0.29) is 0 Å². The molecule has 0 saturated carbocycles. The van der Waals surface area contributed by atoms with E-state index in [0.29, 0.717) is 13.0 Å². The molecule has 3 aromatic rings. The van der Waals surface area contributed by atoms with Gasteiger partial charge in [-0.2, -0.15) is 0 Å². The van der Waals surface area contributed by atoms with Crippen molar-refractivity contribution in [1.82, 2.24) is 0 Å². The van der Waals surface area contributed by atoms with Crippen molar-refractivity contribution in [3.63, 3.8) is 0 Å². The highest BCUT2D eigenvalue weighted by atomic mass is 32.1. The van der Waals surface area contributed by atoms with Crippen LogP contribution in [0.1, 0.15) is 17.9 Å². The van der Waals surface area contributed by atoms with Crippen LogP contribution >= 0.6 is 11.3 Å². The van der Waals surface area contributed by atoms with Crippen LogP contribution in [0.3, 0.4) is 0 Å². The number of hydrogen-bond donors (Lipinski definition) is 2. The van der Waals surface area contributed by atoms with Crippen molar-refractivity contribution in [1.29, 1.82) is 0 Å². The topological polar surface area (TPSA) is 49.3 Å². The van der Waals surface area contributed by atoms with Crippen molar-refractivity contribution in [3.8, 4) is 0 Å². The van der Waals surface area contributed by atoms with E-state index in [4.69, 9.17) is 0 Å². The van der Waals surface area contributed by atoms with E-state index in [1.165, 1.54) is 0 Å². The minimum absolute atomic E-state index is 0.479. The summed E-state index contributed by atoms with van der Waals surface area (Å²) in [6.07, 6.45) is 0.560. The number of carboxylic acid groups (broad SMARTS) is 1. The van der Waals surface area contributed by atoms with E-state index in [0.717, 1.165) is 21.3 Å². The fourth-order valence-corrected chi connectivity index (χ4v) is 3.61. The van der Waals surface area contributed by atoms with Gasteiger partial charge in [0.05, 0.1) is 5.92 Å². The molecule has 3 nitrogen and oxygen atoms in total. The van der Waals surface area contributed by atoms with Gasteiger partial charge in [0.25, 0.3) is 0 Å². The predicted octanol–water partition coefficient (Wildman–Crippen LogP) is 4.57. The lowest BCUT2D eigenvalue weighted by molar-refractivity contribution is -0.138. The standard InChI is InChI=1S/C18H17NO2S/c20-18(21)15(10-11-19-13-6-2-1-3-7-13)16-12-22-17-9-5-4-8-14(16)17/h1-9,12,15,19H,10-11H2,(H,20,21). The van der Waals surface area contributed by atoms with E-state index in [1.54, 1.807) is 11.3 Å². The molecule has 112 valence electrons. The molecule has 2 aromatic carbocycles. The Hall–Kier alpha value is -2.33. The first-order valence-corrected chi connectivity index (χ1v) is 8.11. The van der Waals surface area contributed by atoms with Gasteiger partial charge >= 0.3 is 5.97 Å². The zero-order chi connectivity index (χ0) is 15.4. The summed E-state index contributed by atoms with van der Waals surface area (Å²) < 4.78 is 1.14. The normalized spacial score (nSPS) is 12.2. The molecule has 0 radical (unpaired) electrons. The van der Waals surface area contributed by atoms with Gasteiger partial charge in [-0.25, -0.2) is 0 Å². The maximum Gasteiger partial charge on any atom is 0.311 e. The van der Waals surface area contributed by atoms with Gasteiger partial charge in [-0.3, -0.25) is 4.79 Å². The number of nitrogens with one attached hydrogen (secondary N) is 1. The number of carbonyl (C=O) groups is 1. The van der Waals surface area contributed by atoms with Gasteiger partial charge in [0, 0.05) is 16.9 Å². The SMILES string of the molecule is O=C(O)C(CCNc1ccccc1)c1csc2ccccc12. The molecule has 0 spiro atoms. The highest BCUT2D eigenvalue weighted by molar-refractivity contribution is 7.17. The van der Waals surface area contributed by atoms with Crippen molar-refractivity contribution in [2.45, 2.75) is 12.3 Å². The quantitative estimate of drug-likeness (QED) is 0.701. The van der Waals surface area contributed by atoms with E-state index < -0.39 is 11.9 Å². The van der Waals surface area contributed by atoms with E-state index in [2.05, 4.69) is 5.32 Å². The molecule has 0 aliphatic rings. The molecule has 3 rings (SSSR count). The second kappa shape index (κ2) is 6.62. The average molecular weight is 311 g/mol. The highest BCUT2D eigenvalue weighted by Gasteiger charge is 2.22. The highest BCUT2D eigenvalue weighted by Crippen LogP contribution is 2.33. The zero-order valence-electron chi connectivity index (χ0n) is 12.0. The fraction of sp³-hybridized carbons (Fsp3) is 0.167. The van der Waals surface area contributed by atoms with Crippen LogP contribution in [0.2, 0.25) is 0 Å². The number of rotatable bonds is 6. The molecular formula is C18H17NO2S. The molecule has 1 aromatic heterocycles. The van der Waals surface area contributed by atoms with Crippen molar-refractivity contribution >= 4 is 33.1 Å². The third-order valence-corrected chi connectivity index (χ3v) is 4.70. The number of thiophene rings is 1. The lowest BCUT2D eigenvalue weighted by Crippen LogP contribution is -2.15. The van der Waals surface area contributed by atoms with Crippen LogP contribution in [0.5, 0.6) is 0 Å². The lowest BCUT2D eigenvalue weighted by atomic mass is 9.95. The van der Waals surface area contributed by atoms with E-state index in [1.807, 2.05) is 60.0 Å². The summed E-state index contributed by atoms with van der Waals surface area (Å²) in [7, 11) is 0. The second-order valence-electron chi connectivity index (χ2n) is 5.16. The van der Waals surface area contributed by atoms with Crippen molar-refractivity contribution < 1.29 is 9.90 Å². The van der Waals surface area contributed by atoms with Crippen LogP contribution in [0, 0.1) is 0 Å². The maximum atomic E-state index is 11.7. The Morgan fingerprint density at radius 3 is 2.59 bits per heavy atom. The van der Waals surface area contributed by atoms with Gasteiger partial charge in [0.15, 0.2) is 0 Å². The molecular weight excluding hydrogens is 294 g/mol. The predicted molar refractivity (Wildman–Crippen MR) is 91.8 cm³/mol. The van der Waals surface area contributed by atoms with Gasteiger partial charge in [-0.1, -0.05) is 36.4 Å². The monoisotopic (exact) mass is 311 g/mol. The number of aliphatic carboxylic acids is 1. The first-order chi connectivity index (χ1) is 10.8. The fourth-order valence-electron chi connectivity index (χ4n) is 2.60. The van der Waals surface area contributed by atoms with Gasteiger partial charge in [0.1, 0.15) is 0 Å². The summed E-state index contributed by atoms with van der Waals surface area (Å²) >= 11 is 1.61. The third-order valence-electron chi connectivity index (χ3n) is 3.72. The molecule has 0 amide bonds. The molecule has 0 aliphatic carbocycles. The van der Waals surface area contributed by atoms with Crippen LogP contribution in [-0.2, 0) is 4.79 Å². The van der Waals surface area contributed by atoms with Crippen molar-refractivity contribution in [2.24, 2.45) is 0 Å². The zero-order valence-corrected chi connectivity index (χ0v) is 12.8.